The predicted molar refractivity (Wildman–Crippen MR) is 81.4 cm³/mol. The lowest BCUT2D eigenvalue weighted by atomic mass is 9.93. The van der Waals surface area contributed by atoms with Crippen LogP contribution >= 0.6 is 0 Å². The first-order chi connectivity index (χ1) is 10.1. The van der Waals surface area contributed by atoms with Crippen molar-refractivity contribution >= 4 is 11.8 Å². The lowest BCUT2D eigenvalue weighted by Gasteiger charge is -2.30. The Morgan fingerprint density at radius 2 is 1.95 bits per heavy atom. The van der Waals surface area contributed by atoms with Crippen LogP contribution in [-0.4, -0.2) is 36.3 Å². The summed E-state index contributed by atoms with van der Waals surface area (Å²) < 4.78 is 0. The van der Waals surface area contributed by atoms with Crippen molar-refractivity contribution in [2.24, 2.45) is 23.7 Å². The van der Waals surface area contributed by atoms with E-state index in [1.165, 1.54) is 0 Å². The maximum absolute atomic E-state index is 12.2. The third-order valence-corrected chi connectivity index (χ3v) is 5.39. The molecule has 2 amide bonds. The molecule has 1 saturated heterocycles. The van der Waals surface area contributed by atoms with Crippen molar-refractivity contribution < 1.29 is 9.59 Å². The average molecular weight is 290 g/mol. The van der Waals surface area contributed by atoms with Gasteiger partial charge in [-0.15, -0.1) is 0 Å². The zero-order chi connectivity index (χ0) is 14.8. The third-order valence-electron chi connectivity index (χ3n) is 5.39. The highest BCUT2D eigenvalue weighted by atomic mass is 16.2. The molecule has 116 valence electrons. The summed E-state index contributed by atoms with van der Waals surface area (Å²) in [6.45, 7) is 4.49. The molecule has 3 atom stereocenters. The number of carbonyl (C=O) groups is 2. The third kappa shape index (κ3) is 3.30. The van der Waals surface area contributed by atoms with Gasteiger partial charge in [-0.2, -0.15) is 0 Å². The first kappa shape index (κ1) is 14.6. The van der Waals surface area contributed by atoms with Crippen LogP contribution in [-0.2, 0) is 9.59 Å². The van der Waals surface area contributed by atoms with E-state index >= 15 is 0 Å². The Hall–Kier alpha value is -1.32. The van der Waals surface area contributed by atoms with Crippen LogP contribution in [0.4, 0.5) is 0 Å². The van der Waals surface area contributed by atoms with Crippen LogP contribution in [0.1, 0.15) is 39.0 Å². The second kappa shape index (κ2) is 6.20. The smallest absolute Gasteiger partial charge is 0.224 e. The summed E-state index contributed by atoms with van der Waals surface area (Å²) in [5, 5.41) is 2.97. The summed E-state index contributed by atoms with van der Waals surface area (Å²) in [4.78, 5) is 26.2. The van der Waals surface area contributed by atoms with E-state index in [4.69, 9.17) is 0 Å². The molecule has 2 fully saturated rings. The van der Waals surface area contributed by atoms with E-state index in [-0.39, 0.29) is 17.7 Å². The molecule has 4 heteroatoms. The number of hydrogen-bond acceptors (Lipinski definition) is 2. The Labute approximate surface area is 127 Å². The quantitative estimate of drug-likeness (QED) is 0.805. The minimum atomic E-state index is 0.144. The molecule has 1 heterocycles. The fraction of sp³-hybridized carbons (Fsp3) is 0.765. The zero-order valence-electron chi connectivity index (χ0n) is 12.9. The van der Waals surface area contributed by atoms with Gasteiger partial charge in [0.1, 0.15) is 0 Å². The maximum atomic E-state index is 12.2. The highest BCUT2D eigenvalue weighted by Gasteiger charge is 2.39. The number of fused-ring (bicyclic) bond motifs is 2. The van der Waals surface area contributed by atoms with Crippen LogP contribution in [0, 0.1) is 23.7 Å². The number of piperidine rings is 1. The molecule has 3 rings (SSSR count). The normalized spacial score (nSPS) is 31.7. The Morgan fingerprint density at radius 3 is 2.57 bits per heavy atom. The predicted octanol–water partition coefficient (Wildman–Crippen LogP) is 1.96. The molecule has 0 aromatic carbocycles. The highest BCUT2D eigenvalue weighted by Crippen LogP contribution is 2.43. The minimum absolute atomic E-state index is 0.144. The SMILES string of the molecule is CC1CCN(C(=O)CCNC(=O)[C@@H]2C[C@@H]3C=C[C@H]2C3)CC1. The summed E-state index contributed by atoms with van der Waals surface area (Å²) in [5.41, 5.74) is 0. The summed E-state index contributed by atoms with van der Waals surface area (Å²) >= 11 is 0. The van der Waals surface area contributed by atoms with Crippen molar-refractivity contribution in [2.75, 3.05) is 19.6 Å². The molecule has 1 saturated carbocycles. The number of rotatable bonds is 4. The van der Waals surface area contributed by atoms with Crippen LogP contribution in [0.2, 0.25) is 0 Å². The number of nitrogens with one attached hydrogen (secondary N) is 1. The Kier molecular flexibility index (Phi) is 4.32. The molecule has 0 aromatic rings. The van der Waals surface area contributed by atoms with Gasteiger partial charge >= 0.3 is 0 Å². The fourth-order valence-corrected chi connectivity index (χ4v) is 3.92. The van der Waals surface area contributed by atoms with E-state index in [1.807, 2.05) is 4.90 Å². The van der Waals surface area contributed by atoms with Gasteiger partial charge in [0, 0.05) is 32.0 Å². The molecular weight excluding hydrogens is 264 g/mol. The van der Waals surface area contributed by atoms with Crippen molar-refractivity contribution in [2.45, 2.75) is 39.0 Å². The van der Waals surface area contributed by atoms with Crippen LogP contribution in [0.25, 0.3) is 0 Å². The van der Waals surface area contributed by atoms with Gasteiger partial charge in [-0.05, 0) is 43.4 Å². The van der Waals surface area contributed by atoms with Gasteiger partial charge < -0.3 is 10.2 Å². The van der Waals surface area contributed by atoms with E-state index in [1.54, 1.807) is 0 Å². The number of nitrogens with zero attached hydrogens (tertiary/aromatic N) is 1. The summed E-state index contributed by atoms with van der Waals surface area (Å²) in [7, 11) is 0. The lowest BCUT2D eigenvalue weighted by Crippen LogP contribution is -2.40. The van der Waals surface area contributed by atoms with Gasteiger partial charge in [-0.1, -0.05) is 19.1 Å². The van der Waals surface area contributed by atoms with Crippen molar-refractivity contribution in [3.63, 3.8) is 0 Å². The van der Waals surface area contributed by atoms with Crippen LogP contribution < -0.4 is 5.32 Å². The maximum Gasteiger partial charge on any atom is 0.224 e. The number of likely N-dealkylation sites (tertiary alicyclic amines) is 1. The van der Waals surface area contributed by atoms with Gasteiger partial charge in [-0.25, -0.2) is 0 Å². The van der Waals surface area contributed by atoms with Crippen molar-refractivity contribution in [3.05, 3.63) is 12.2 Å². The zero-order valence-corrected chi connectivity index (χ0v) is 12.9. The molecule has 4 nitrogen and oxygen atoms in total. The standard InChI is InChI=1S/C17H26N2O2/c1-12-5-8-19(9-6-12)16(20)4-7-18-17(21)15-11-13-2-3-14(15)10-13/h2-3,12-15H,4-11H2,1H3,(H,18,21)/t13-,14+,15-/m1/s1. The van der Waals surface area contributed by atoms with Gasteiger partial charge in [0.2, 0.25) is 11.8 Å². The fourth-order valence-electron chi connectivity index (χ4n) is 3.92. The van der Waals surface area contributed by atoms with Crippen molar-refractivity contribution in [3.8, 4) is 0 Å². The molecule has 0 spiro atoms. The molecular formula is C17H26N2O2. The van der Waals surface area contributed by atoms with Crippen molar-refractivity contribution in [1.29, 1.82) is 0 Å². The molecule has 1 aliphatic heterocycles. The summed E-state index contributed by atoms with van der Waals surface area (Å²) in [6.07, 6.45) is 9.23. The highest BCUT2D eigenvalue weighted by molar-refractivity contribution is 5.81. The largest absolute Gasteiger partial charge is 0.355 e. The van der Waals surface area contributed by atoms with E-state index in [0.717, 1.165) is 44.7 Å². The molecule has 0 unspecified atom stereocenters. The molecule has 2 aliphatic carbocycles. The molecule has 21 heavy (non-hydrogen) atoms. The number of allylic oxidation sites excluding steroid dienone is 2. The second-order valence-corrected chi connectivity index (χ2v) is 6.99. The number of carbonyl (C=O) groups excluding carboxylic acids is 2. The molecule has 3 aliphatic rings. The molecule has 0 aromatic heterocycles. The minimum Gasteiger partial charge on any atom is -0.355 e. The molecule has 0 radical (unpaired) electrons. The Balaban J connectivity index is 1.37. The van der Waals surface area contributed by atoms with Crippen LogP contribution in [0.15, 0.2) is 12.2 Å². The van der Waals surface area contributed by atoms with Gasteiger partial charge in [-0.3, -0.25) is 9.59 Å². The molecule has 1 N–H and O–H groups in total. The Bertz CT molecular complexity index is 438. The topological polar surface area (TPSA) is 49.4 Å². The van der Waals surface area contributed by atoms with Gasteiger partial charge in [0.15, 0.2) is 0 Å². The number of amides is 2. The first-order valence-corrected chi connectivity index (χ1v) is 8.37. The number of hydrogen-bond donors (Lipinski definition) is 1. The van der Waals surface area contributed by atoms with E-state index in [0.29, 0.717) is 24.8 Å². The van der Waals surface area contributed by atoms with Gasteiger partial charge in [0.05, 0.1) is 0 Å². The van der Waals surface area contributed by atoms with E-state index in [2.05, 4.69) is 24.4 Å². The second-order valence-electron chi connectivity index (χ2n) is 6.99. The summed E-state index contributed by atoms with van der Waals surface area (Å²) in [6, 6.07) is 0. The van der Waals surface area contributed by atoms with Gasteiger partial charge in [0.25, 0.3) is 0 Å². The monoisotopic (exact) mass is 290 g/mol. The lowest BCUT2D eigenvalue weighted by molar-refractivity contribution is -0.132. The Morgan fingerprint density at radius 1 is 1.19 bits per heavy atom. The summed E-state index contributed by atoms with van der Waals surface area (Å²) in [5.74, 6) is 2.27. The van der Waals surface area contributed by atoms with Crippen LogP contribution in [0.5, 0.6) is 0 Å². The van der Waals surface area contributed by atoms with Crippen molar-refractivity contribution in [1.82, 2.24) is 10.2 Å². The van der Waals surface area contributed by atoms with E-state index < -0.39 is 0 Å². The van der Waals surface area contributed by atoms with Crippen LogP contribution in [0.3, 0.4) is 0 Å². The first-order valence-electron chi connectivity index (χ1n) is 8.37. The molecule has 2 bridgehead atoms. The van der Waals surface area contributed by atoms with E-state index in [9.17, 15) is 9.59 Å². The average Bonchev–Trinajstić information content (AvgIpc) is 3.10.